The number of carbonyl (C=O) groups excluding carboxylic acids is 1. The van der Waals surface area contributed by atoms with Gasteiger partial charge in [-0.2, -0.15) is 0 Å². The van der Waals surface area contributed by atoms with Gasteiger partial charge in [0.25, 0.3) is 0 Å². The Morgan fingerprint density at radius 2 is 1.70 bits per heavy atom. The number of esters is 1. The maximum atomic E-state index is 11.9. The second kappa shape index (κ2) is 11.4. The normalized spacial score (nSPS) is 11.4. The molecule has 0 saturated heterocycles. The monoisotopic (exact) mass is 430 g/mol. The summed E-state index contributed by atoms with van der Waals surface area (Å²) in [4.78, 5) is 11.9. The van der Waals surface area contributed by atoms with E-state index in [4.69, 9.17) is 26.4 Å². The van der Waals surface area contributed by atoms with E-state index in [0.29, 0.717) is 30.5 Å². The first kappa shape index (κ1) is 23.5. The van der Waals surface area contributed by atoms with Gasteiger partial charge in [0.15, 0.2) is 16.6 Å². The molecule has 0 aliphatic carbocycles. The number of hydrogen-bond donors (Lipinski definition) is 2. The highest BCUT2D eigenvalue weighted by molar-refractivity contribution is 7.80. The van der Waals surface area contributed by atoms with Crippen LogP contribution in [-0.2, 0) is 4.74 Å². The van der Waals surface area contributed by atoms with Crippen molar-refractivity contribution in [3.63, 3.8) is 0 Å². The molecule has 0 aliphatic rings. The quantitative estimate of drug-likeness (QED) is 0.428. The molecule has 0 heterocycles. The molecule has 0 bridgehead atoms. The summed E-state index contributed by atoms with van der Waals surface area (Å²) in [6.45, 7) is 11.1. The number of anilines is 1. The maximum Gasteiger partial charge on any atom is 0.338 e. The average Bonchev–Trinajstić information content (AvgIpc) is 2.71. The highest BCUT2D eigenvalue weighted by Crippen LogP contribution is 2.30. The number of carbonyl (C=O) groups is 1. The molecular weight excluding hydrogens is 400 g/mol. The number of rotatable bonds is 9. The van der Waals surface area contributed by atoms with Crippen molar-refractivity contribution in [2.75, 3.05) is 25.1 Å². The number of aryl methyl sites for hydroxylation is 1. The molecule has 30 heavy (non-hydrogen) atoms. The van der Waals surface area contributed by atoms with Gasteiger partial charge in [0.1, 0.15) is 0 Å². The van der Waals surface area contributed by atoms with Gasteiger partial charge in [-0.05, 0) is 88.3 Å². The third-order valence-corrected chi connectivity index (χ3v) is 4.62. The lowest BCUT2D eigenvalue weighted by Gasteiger charge is -2.20. The van der Waals surface area contributed by atoms with Gasteiger partial charge in [-0.1, -0.05) is 6.07 Å². The van der Waals surface area contributed by atoms with Crippen LogP contribution in [0.1, 0.15) is 55.2 Å². The lowest BCUT2D eigenvalue weighted by atomic mass is 10.1. The Bertz CT molecular complexity index is 886. The average molecular weight is 431 g/mol. The summed E-state index contributed by atoms with van der Waals surface area (Å²) in [6, 6.07) is 11.2. The predicted octanol–water partition coefficient (Wildman–Crippen LogP) is 5.02. The van der Waals surface area contributed by atoms with E-state index in [9.17, 15) is 4.79 Å². The number of benzene rings is 2. The van der Waals surface area contributed by atoms with Gasteiger partial charge in [-0.15, -0.1) is 0 Å². The molecule has 1 unspecified atom stereocenters. The molecule has 2 rings (SSSR count). The van der Waals surface area contributed by atoms with Crippen LogP contribution in [0.4, 0.5) is 5.69 Å². The van der Waals surface area contributed by atoms with Gasteiger partial charge < -0.3 is 24.8 Å². The van der Waals surface area contributed by atoms with Gasteiger partial charge in [-0.25, -0.2) is 4.79 Å². The zero-order valence-electron chi connectivity index (χ0n) is 18.2. The molecule has 2 aromatic carbocycles. The van der Waals surface area contributed by atoms with Gasteiger partial charge in [-0.3, -0.25) is 0 Å². The second-order valence-corrected chi connectivity index (χ2v) is 7.05. The van der Waals surface area contributed by atoms with E-state index in [0.717, 1.165) is 28.3 Å². The Labute approximate surface area is 183 Å². The summed E-state index contributed by atoms with van der Waals surface area (Å²) in [7, 11) is 0. The van der Waals surface area contributed by atoms with E-state index >= 15 is 0 Å². The highest BCUT2D eigenvalue weighted by atomic mass is 32.1. The summed E-state index contributed by atoms with van der Waals surface area (Å²) in [5.41, 5.74) is 3.27. The van der Waals surface area contributed by atoms with E-state index in [1.165, 1.54) is 0 Å². The first-order valence-corrected chi connectivity index (χ1v) is 10.5. The summed E-state index contributed by atoms with van der Waals surface area (Å²) in [5, 5.41) is 6.96. The van der Waals surface area contributed by atoms with Gasteiger partial charge >= 0.3 is 5.97 Å². The van der Waals surface area contributed by atoms with Crippen LogP contribution in [0.3, 0.4) is 0 Å². The Balaban J connectivity index is 2.05. The van der Waals surface area contributed by atoms with Crippen LogP contribution in [0.25, 0.3) is 0 Å². The van der Waals surface area contributed by atoms with Crippen molar-refractivity contribution >= 4 is 29.0 Å². The first-order valence-electron chi connectivity index (χ1n) is 10.1. The number of nitrogens with one attached hydrogen (secondary N) is 2. The molecule has 2 aromatic rings. The number of thiocarbonyl (C=S) groups is 1. The van der Waals surface area contributed by atoms with E-state index in [-0.39, 0.29) is 12.0 Å². The van der Waals surface area contributed by atoms with Crippen LogP contribution in [0.5, 0.6) is 11.5 Å². The SMILES string of the molecule is CCOC(=O)c1ccc(NC(=S)NC(C)c2ccc(OCC)c(OCC)c2)c(C)c1. The van der Waals surface area contributed by atoms with Crippen molar-refractivity contribution in [2.24, 2.45) is 0 Å². The van der Waals surface area contributed by atoms with Crippen LogP contribution >= 0.6 is 12.2 Å². The summed E-state index contributed by atoms with van der Waals surface area (Å²) in [6.07, 6.45) is 0. The predicted molar refractivity (Wildman–Crippen MR) is 124 cm³/mol. The molecule has 0 aliphatic heterocycles. The van der Waals surface area contributed by atoms with Crippen molar-refractivity contribution in [1.29, 1.82) is 0 Å². The van der Waals surface area contributed by atoms with Crippen molar-refractivity contribution in [1.82, 2.24) is 5.32 Å². The summed E-state index contributed by atoms with van der Waals surface area (Å²) < 4.78 is 16.4. The van der Waals surface area contributed by atoms with Crippen LogP contribution in [-0.4, -0.2) is 30.9 Å². The summed E-state index contributed by atoms with van der Waals surface area (Å²) >= 11 is 5.48. The fourth-order valence-corrected chi connectivity index (χ4v) is 3.21. The second-order valence-electron chi connectivity index (χ2n) is 6.64. The smallest absolute Gasteiger partial charge is 0.338 e. The molecule has 1 atom stereocenters. The Kier molecular flexibility index (Phi) is 8.92. The molecule has 162 valence electrons. The molecule has 0 radical (unpaired) electrons. The number of hydrogen-bond acceptors (Lipinski definition) is 5. The first-order chi connectivity index (χ1) is 14.4. The highest BCUT2D eigenvalue weighted by Gasteiger charge is 2.13. The molecule has 0 spiro atoms. The van der Waals surface area contributed by atoms with Crippen molar-refractivity contribution in [2.45, 2.75) is 40.7 Å². The topological polar surface area (TPSA) is 68.8 Å². The molecule has 0 aromatic heterocycles. The minimum Gasteiger partial charge on any atom is -0.490 e. The van der Waals surface area contributed by atoms with E-state index < -0.39 is 0 Å². The standard InChI is InChI=1S/C23H30N2O4S/c1-6-27-20-12-10-17(14-21(20)28-7-2)16(5)24-23(30)25-19-11-9-18(13-15(19)4)22(26)29-8-3/h9-14,16H,6-8H2,1-5H3,(H2,24,25,30). The van der Waals surface area contributed by atoms with Crippen molar-refractivity contribution in [3.05, 3.63) is 53.1 Å². The zero-order chi connectivity index (χ0) is 22.1. The van der Waals surface area contributed by atoms with Crippen LogP contribution in [0.15, 0.2) is 36.4 Å². The minimum absolute atomic E-state index is 0.0426. The Morgan fingerprint density at radius 1 is 1.00 bits per heavy atom. The Hall–Kier alpha value is -2.80. The van der Waals surface area contributed by atoms with Crippen LogP contribution < -0.4 is 20.1 Å². The minimum atomic E-state index is -0.331. The summed E-state index contributed by atoms with van der Waals surface area (Å²) in [5.74, 6) is 1.12. The fraction of sp³-hybridized carbons (Fsp3) is 0.391. The van der Waals surface area contributed by atoms with E-state index in [2.05, 4.69) is 10.6 Å². The van der Waals surface area contributed by atoms with Crippen LogP contribution in [0.2, 0.25) is 0 Å². The lowest BCUT2D eigenvalue weighted by molar-refractivity contribution is 0.0526. The molecular formula is C23H30N2O4S. The van der Waals surface area contributed by atoms with Gasteiger partial charge in [0.05, 0.1) is 31.4 Å². The van der Waals surface area contributed by atoms with Gasteiger partial charge in [0, 0.05) is 5.69 Å². The number of ether oxygens (including phenoxy) is 3. The zero-order valence-corrected chi connectivity index (χ0v) is 19.0. The molecule has 0 amide bonds. The van der Waals surface area contributed by atoms with Crippen molar-refractivity contribution < 1.29 is 19.0 Å². The lowest BCUT2D eigenvalue weighted by Crippen LogP contribution is -2.31. The van der Waals surface area contributed by atoms with E-state index in [1.54, 1.807) is 19.1 Å². The molecule has 6 nitrogen and oxygen atoms in total. The Morgan fingerprint density at radius 3 is 2.33 bits per heavy atom. The fourth-order valence-electron chi connectivity index (χ4n) is 2.92. The van der Waals surface area contributed by atoms with E-state index in [1.807, 2.05) is 52.0 Å². The largest absolute Gasteiger partial charge is 0.490 e. The van der Waals surface area contributed by atoms with Gasteiger partial charge in [0.2, 0.25) is 0 Å². The maximum absolute atomic E-state index is 11.9. The van der Waals surface area contributed by atoms with Crippen LogP contribution in [0, 0.1) is 6.92 Å². The molecule has 0 saturated carbocycles. The molecule has 7 heteroatoms. The molecule has 2 N–H and O–H groups in total. The third kappa shape index (κ3) is 6.35. The van der Waals surface area contributed by atoms with Crippen molar-refractivity contribution in [3.8, 4) is 11.5 Å². The molecule has 0 fully saturated rings. The third-order valence-electron chi connectivity index (χ3n) is 4.40.